The number of aryl methyl sites for hydroxylation is 1. The number of fused-ring (bicyclic) bond motifs is 1. The van der Waals surface area contributed by atoms with Gasteiger partial charge in [-0.2, -0.15) is 10.1 Å². The van der Waals surface area contributed by atoms with Crippen molar-refractivity contribution in [3.63, 3.8) is 0 Å². The summed E-state index contributed by atoms with van der Waals surface area (Å²) < 4.78 is 1.59. The maximum absolute atomic E-state index is 12.5. The van der Waals surface area contributed by atoms with Crippen LogP contribution in [0.4, 0.5) is 0 Å². The predicted molar refractivity (Wildman–Crippen MR) is 75.8 cm³/mol. The van der Waals surface area contributed by atoms with E-state index in [0.29, 0.717) is 24.2 Å². The highest BCUT2D eigenvalue weighted by Crippen LogP contribution is 2.40. The SMILES string of the molecule is CCc1c(C(=O)NC2CC(O)C2(C)C)cnc2ncnn12. The fourth-order valence-corrected chi connectivity index (χ4v) is 2.74. The van der Waals surface area contributed by atoms with E-state index in [4.69, 9.17) is 0 Å². The summed E-state index contributed by atoms with van der Waals surface area (Å²) >= 11 is 0. The van der Waals surface area contributed by atoms with E-state index < -0.39 is 0 Å². The van der Waals surface area contributed by atoms with Gasteiger partial charge in [0.25, 0.3) is 11.7 Å². The van der Waals surface area contributed by atoms with Crippen LogP contribution in [0.2, 0.25) is 0 Å². The third-order valence-electron chi connectivity index (χ3n) is 4.51. The van der Waals surface area contributed by atoms with Gasteiger partial charge in [-0.3, -0.25) is 4.79 Å². The van der Waals surface area contributed by atoms with Gasteiger partial charge in [-0.05, 0) is 12.8 Å². The number of aromatic nitrogens is 4. The maximum Gasteiger partial charge on any atom is 0.254 e. The summed E-state index contributed by atoms with van der Waals surface area (Å²) in [5.41, 5.74) is 0.993. The summed E-state index contributed by atoms with van der Waals surface area (Å²) in [5.74, 6) is 0.310. The quantitative estimate of drug-likeness (QED) is 0.862. The van der Waals surface area contributed by atoms with Gasteiger partial charge in [0.1, 0.15) is 6.33 Å². The molecule has 2 N–H and O–H groups in total. The summed E-state index contributed by atoms with van der Waals surface area (Å²) in [6, 6.07) is -0.0313. The first-order valence-corrected chi connectivity index (χ1v) is 7.11. The molecule has 7 heteroatoms. The zero-order chi connectivity index (χ0) is 15.2. The Morgan fingerprint density at radius 2 is 2.29 bits per heavy atom. The van der Waals surface area contributed by atoms with Crippen LogP contribution in [-0.2, 0) is 6.42 Å². The zero-order valence-corrected chi connectivity index (χ0v) is 12.4. The Labute approximate surface area is 122 Å². The van der Waals surface area contributed by atoms with Gasteiger partial charge in [-0.15, -0.1) is 0 Å². The summed E-state index contributed by atoms with van der Waals surface area (Å²) in [4.78, 5) is 20.7. The van der Waals surface area contributed by atoms with Crippen LogP contribution >= 0.6 is 0 Å². The first kappa shape index (κ1) is 13.9. The van der Waals surface area contributed by atoms with Crippen molar-refractivity contribution in [1.82, 2.24) is 24.9 Å². The number of rotatable bonds is 3. The van der Waals surface area contributed by atoms with Gasteiger partial charge in [0, 0.05) is 17.7 Å². The van der Waals surface area contributed by atoms with Gasteiger partial charge in [0.2, 0.25) is 0 Å². The fraction of sp³-hybridized carbons (Fsp3) is 0.571. The molecular formula is C14H19N5O2. The summed E-state index contributed by atoms with van der Waals surface area (Å²) in [5, 5.41) is 16.9. The molecule has 3 rings (SSSR count). The van der Waals surface area contributed by atoms with Crippen LogP contribution in [0.5, 0.6) is 0 Å². The van der Waals surface area contributed by atoms with Crippen LogP contribution in [-0.4, -0.2) is 42.7 Å². The molecule has 7 nitrogen and oxygen atoms in total. The normalized spacial score (nSPS) is 23.8. The van der Waals surface area contributed by atoms with E-state index in [2.05, 4.69) is 20.4 Å². The minimum atomic E-state index is -0.371. The molecule has 0 aliphatic heterocycles. The van der Waals surface area contributed by atoms with Crippen molar-refractivity contribution in [1.29, 1.82) is 0 Å². The minimum Gasteiger partial charge on any atom is -0.392 e. The smallest absolute Gasteiger partial charge is 0.254 e. The molecule has 2 aromatic rings. The van der Waals surface area contributed by atoms with E-state index >= 15 is 0 Å². The van der Waals surface area contributed by atoms with Crippen LogP contribution in [0.3, 0.4) is 0 Å². The van der Waals surface area contributed by atoms with Crippen molar-refractivity contribution in [2.75, 3.05) is 0 Å². The van der Waals surface area contributed by atoms with Crippen LogP contribution in [0.15, 0.2) is 12.5 Å². The molecule has 2 aromatic heterocycles. The van der Waals surface area contributed by atoms with E-state index in [1.807, 2.05) is 20.8 Å². The lowest BCUT2D eigenvalue weighted by atomic mass is 9.64. The number of nitrogens with one attached hydrogen (secondary N) is 1. The Balaban J connectivity index is 1.88. The number of hydrogen-bond donors (Lipinski definition) is 2. The molecule has 0 saturated heterocycles. The largest absolute Gasteiger partial charge is 0.392 e. The number of carbonyl (C=O) groups excluding carboxylic acids is 1. The second-order valence-corrected chi connectivity index (χ2v) is 6.04. The minimum absolute atomic E-state index is 0.0313. The average molecular weight is 289 g/mol. The molecule has 2 atom stereocenters. The Bertz CT molecular complexity index is 694. The molecule has 0 radical (unpaired) electrons. The van der Waals surface area contributed by atoms with Gasteiger partial charge in [0.15, 0.2) is 0 Å². The van der Waals surface area contributed by atoms with Crippen LogP contribution < -0.4 is 5.32 Å². The summed E-state index contributed by atoms with van der Waals surface area (Å²) in [7, 11) is 0. The fourth-order valence-electron chi connectivity index (χ4n) is 2.74. The van der Waals surface area contributed by atoms with Gasteiger partial charge in [0.05, 0.1) is 17.4 Å². The number of nitrogens with zero attached hydrogens (tertiary/aromatic N) is 4. The van der Waals surface area contributed by atoms with E-state index in [9.17, 15) is 9.90 Å². The Hall–Kier alpha value is -2.02. The Kier molecular flexibility index (Phi) is 3.16. The highest BCUT2D eigenvalue weighted by molar-refractivity contribution is 5.95. The lowest BCUT2D eigenvalue weighted by Crippen LogP contribution is -2.61. The van der Waals surface area contributed by atoms with Gasteiger partial charge >= 0.3 is 0 Å². The second-order valence-electron chi connectivity index (χ2n) is 6.04. The standard InChI is InChI=1S/C14H19N5O2/c1-4-9-8(6-15-13-16-7-17-19(9)13)12(21)18-10-5-11(20)14(10,2)3/h6-7,10-11,20H,4-5H2,1-3H3,(H,18,21). The van der Waals surface area contributed by atoms with Gasteiger partial charge in [-0.25, -0.2) is 9.50 Å². The Morgan fingerprint density at radius 1 is 1.52 bits per heavy atom. The number of carbonyl (C=O) groups is 1. The molecule has 2 heterocycles. The molecule has 21 heavy (non-hydrogen) atoms. The molecule has 1 amide bonds. The van der Waals surface area contributed by atoms with Crippen molar-refractivity contribution < 1.29 is 9.90 Å². The third-order valence-corrected chi connectivity index (χ3v) is 4.51. The van der Waals surface area contributed by atoms with E-state index in [1.165, 1.54) is 6.33 Å². The van der Waals surface area contributed by atoms with Crippen molar-refractivity contribution in [3.8, 4) is 0 Å². The van der Waals surface area contributed by atoms with E-state index in [0.717, 1.165) is 5.69 Å². The lowest BCUT2D eigenvalue weighted by Gasteiger charge is -2.49. The second kappa shape index (κ2) is 4.77. The number of amides is 1. The van der Waals surface area contributed by atoms with Crippen molar-refractivity contribution >= 4 is 11.7 Å². The van der Waals surface area contributed by atoms with Gasteiger partial charge < -0.3 is 10.4 Å². The summed E-state index contributed by atoms with van der Waals surface area (Å²) in [6.45, 7) is 5.86. The van der Waals surface area contributed by atoms with Crippen molar-refractivity contribution in [2.45, 2.75) is 45.8 Å². The monoisotopic (exact) mass is 289 g/mol. The molecule has 112 valence electrons. The van der Waals surface area contributed by atoms with E-state index in [1.54, 1.807) is 10.7 Å². The van der Waals surface area contributed by atoms with Crippen LogP contribution in [0.25, 0.3) is 5.78 Å². The van der Waals surface area contributed by atoms with Crippen molar-refractivity contribution in [2.24, 2.45) is 5.41 Å². The summed E-state index contributed by atoms with van der Waals surface area (Å²) in [6.07, 6.45) is 3.83. The number of aliphatic hydroxyl groups is 1. The molecule has 1 aliphatic rings. The van der Waals surface area contributed by atoms with Crippen LogP contribution in [0.1, 0.15) is 43.2 Å². The third kappa shape index (κ3) is 2.08. The highest BCUT2D eigenvalue weighted by Gasteiger charge is 2.48. The first-order valence-electron chi connectivity index (χ1n) is 7.11. The molecule has 1 fully saturated rings. The molecular weight excluding hydrogens is 270 g/mol. The number of hydrogen-bond acceptors (Lipinski definition) is 5. The maximum atomic E-state index is 12.5. The van der Waals surface area contributed by atoms with Crippen molar-refractivity contribution in [3.05, 3.63) is 23.8 Å². The molecule has 0 bridgehead atoms. The topological polar surface area (TPSA) is 92.4 Å². The first-order chi connectivity index (χ1) is 9.95. The lowest BCUT2D eigenvalue weighted by molar-refractivity contribution is -0.0689. The average Bonchev–Trinajstić information content (AvgIpc) is 2.94. The molecule has 2 unspecified atom stereocenters. The molecule has 1 saturated carbocycles. The molecule has 0 spiro atoms. The molecule has 0 aromatic carbocycles. The van der Waals surface area contributed by atoms with E-state index in [-0.39, 0.29) is 23.5 Å². The molecule has 1 aliphatic carbocycles. The zero-order valence-electron chi connectivity index (χ0n) is 12.4. The highest BCUT2D eigenvalue weighted by atomic mass is 16.3. The van der Waals surface area contributed by atoms with Gasteiger partial charge in [-0.1, -0.05) is 20.8 Å². The Morgan fingerprint density at radius 3 is 2.90 bits per heavy atom. The number of aliphatic hydroxyl groups excluding tert-OH is 1. The predicted octanol–water partition coefficient (Wildman–Crippen LogP) is 0.576. The van der Waals surface area contributed by atoms with Crippen LogP contribution in [0, 0.1) is 5.41 Å².